The normalized spacial score (nSPS) is 10.8. The highest BCUT2D eigenvalue weighted by atomic mass is 127. The molecular formula is C20H15FIN3O3. The SMILES string of the molecule is O=[N+]([O-])c1ccc(N/N=C/c2ccc(OCc3cccc(F)c3)c(I)c2)cc1. The van der Waals surface area contributed by atoms with E-state index < -0.39 is 4.92 Å². The van der Waals surface area contributed by atoms with Crippen LogP contribution in [0.15, 0.2) is 71.8 Å². The summed E-state index contributed by atoms with van der Waals surface area (Å²) in [5.41, 5.74) is 5.11. The Morgan fingerprint density at radius 3 is 2.61 bits per heavy atom. The fraction of sp³-hybridized carbons (Fsp3) is 0.0500. The van der Waals surface area contributed by atoms with Gasteiger partial charge in [-0.1, -0.05) is 12.1 Å². The van der Waals surface area contributed by atoms with Crippen LogP contribution in [0.3, 0.4) is 0 Å². The number of halogens is 2. The van der Waals surface area contributed by atoms with Gasteiger partial charge in [0.1, 0.15) is 18.2 Å². The first-order chi connectivity index (χ1) is 13.5. The molecule has 0 aliphatic rings. The molecule has 0 bridgehead atoms. The molecule has 0 saturated heterocycles. The van der Waals surface area contributed by atoms with Gasteiger partial charge < -0.3 is 4.74 Å². The first-order valence-corrected chi connectivity index (χ1v) is 9.29. The molecule has 0 radical (unpaired) electrons. The molecule has 0 aromatic heterocycles. The molecule has 0 spiro atoms. The maximum absolute atomic E-state index is 13.2. The van der Waals surface area contributed by atoms with Crippen LogP contribution in [0.25, 0.3) is 0 Å². The lowest BCUT2D eigenvalue weighted by Gasteiger charge is -2.09. The van der Waals surface area contributed by atoms with Gasteiger partial charge in [-0.2, -0.15) is 5.10 Å². The van der Waals surface area contributed by atoms with Gasteiger partial charge in [-0.15, -0.1) is 0 Å². The van der Waals surface area contributed by atoms with Crippen molar-refractivity contribution in [2.75, 3.05) is 5.43 Å². The molecule has 28 heavy (non-hydrogen) atoms. The summed E-state index contributed by atoms with van der Waals surface area (Å²) >= 11 is 2.16. The summed E-state index contributed by atoms with van der Waals surface area (Å²) < 4.78 is 19.9. The number of nitro groups is 1. The summed E-state index contributed by atoms with van der Waals surface area (Å²) in [6, 6.07) is 17.9. The summed E-state index contributed by atoms with van der Waals surface area (Å²) in [7, 11) is 0. The monoisotopic (exact) mass is 491 g/mol. The third kappa shape index (κ3) is 5.49. The van der Waals surface area contributed by atoms with E-state index in [1.807, 2.05) is 18.2 Å². The Balaban J connectivity index is 1.58. The molecule has 0 unspecified atom stereocenters. The number of non-ortho nitro benzene ring substituents is 1. The molecule has 0 heterocycles. The zero-order valence-electron chi connectivity index (χ0n) is 14.5. The van der Waals surface area contributed by atoms with E-state index in [0.29, 0.717) is 11.4 Å². The highest BCUT2D eigenvalue weighted by Crippen LogP contribution is 2.23. The van der Waals surface area contributed by atoms with Crippen molar-refractivity contribution in [1.29, 1.82) is 0 Å². The van der Waals surface area contributed by atoms with E-state index in [-0.39, 0.29) is 18.1 Å². The van der Waals surface area contributed by atoms with Crippen molar-refractivity contribution in [2.45, 2.75) is 6.61 Å². The Hall–Kier alpha value is -3.01. The Morgan fingerprint density at radius 1 is 1.14 bits per heavy atom. The number of rotatable bonds is 7. The summed E-state index contributed by atoms with van der Waals surface area (Å²) in [5, 5.41) is 14.8. The Kier molecular flexibility index (Phi) is 6.53. The number of hydrogen-bond acceptors (Lipinski definition) is 5. The van der Waals surface area contributed by atoms with E-state index in [2.05, 4.69) is 33.1 Å². The minimum atomic E-state index is -0.451. The average molecular weight is 491 g/mol. The third-order valence-corrected chi connectivity index (χ3v) is 4.57. The maximum Gasteiger partial charge on any atom is 0.269 e. The molecule has 142 valence electrons. The predicted octanol–water partition coefficient (Wildman–Crippen LogP) is 5.36. The minimum absolute atomic E-state index is 0.0258. The highest BCUT2D eigenvalue weighted by molar-refractivity contribution is 14.1. The van der Waals surface area contributed by atoms with Crippen LogP contribution in [-0.2, 0) is 6.61 Å². The standard InChI is InChI=1S/C20H15FIN3O3/c21-16-3-1-2-15(10-16)13-28-20-9-4-14(11-19(20)22)12-23-24-17-5-7-18(8-6-17)25(26)27/h1-12,24H,13H2/b23-12+. The molecule has 3 rings (SSSR count). The van der Waals surface area contributed by atoms with E-state index >= 15 is 0 Å². The van der Waals surface area contributed by atoms with Crippen molar-refractivity contribution < 1.29 is 14.1 Å². The van der Waals surface area contributed by atoms with E-state index in [0.717, 1.165) is 14.7 Å². The van der Waals surface area contributed by atoms with Gasteiger partial charge in [0.05, 0.1) is 20.4 Å². The van der Waals surface area contributed by atoms with Gasteiger partial charge in [0.2, 0.25) is 0 Å². The zero-order valence-corrected chi connectivity index (χ0v) is 16.7. The fourth-order valence-electron chi connectivity index (χ4n) is 2.34. The van der Waals surface area contributed by atoms with Gasteiger partial charge in [0, 0.05) is 12.1 Å². The first kappa shape index (κ1) is 19.7. The Labute approximate surface area is 174 Å². The van der Waals surface area contributed by atoms with Crippen LogP contribution in [0.5, 0.6) is 5.75 Å². The number of hydrazone groups is 1. The second-order valence-electron chi connectivity index (χ2n) is 5.78. The number of nitrogens with one attached hydrogen (secondary N) is 1. The van der Waals surface area contributed by atoms with Crippen LogP contribution >= 0.6 is 22.6 Å². The predicted molar refractivity (Wildman–Crippen MR) is 114 cm³/mol. The molecule has 3 aromatic rings. The molecule has 0 atom stereocenters. The largest absolute Gasteiger partial charge is 0.488 e. The summed E-state index contributed by atoms with van der Waals surface area (Å²) in [6.07, 6.45) is 1.64. The van der Waals surface area contributed by atoms with Crippen LogP contribution in [0.1, 0.15) is 11.1 Å². The van der Waals surface area contributed by atoms with E-state index in [1.54, 1.807) is 30.5 Å². The maximum atomic E-state index is 13.2. The highest BCUT2D eigenvalue weighted by Gasteiger charge is 2.04. The number of nitrogens with zero attached hydrogens (tertiary/aromatic N) is 2. The van der Waals surface area contributed by atoms with Crippen molar-refractivity contribution in [3.8, 4) is 5.75 Å². The molecule has 0 aliphatic heterocycles. The van der Waals surface area contributed by atoms with Gasteiger partial charge in [-0.3, -0.25) is 15.5 Å². The molecule has 0 fully saturated rings. The Morgan fingerprint density at radius 2 is 1.93 bits per heavy atom. The van der Waals surface area contributed by atoms with Gasteiger partial charge >= 0.3 is 0 Å². The van der Waals surface area contributed by atoms with Gasteiger partial charge in [0.15, 0.2) is 0 Å². The van der Waals surface area contributed by atoms with E-state index in [9.17, 15) is 14.5 Å². The summed E-state index contributed by atoms with van der Waals surface area (Å²) in [6.45, 7) is 0.281. The van der Waals surface area contributed by atoms with Crippen LogP contribution < -0.4 is 10.2 Å². The minimum Gasteiger partial charge on any atom is -0.488 e. The molecule has 3 aromatic carbocycles. The second-order valence-corrected chi connectivity index (χ2v) is 6.94. The topological polar surface area (TPSA) is 76.8 Å². The van der Waals surface area contributed by atoms with Gasteiger partial charge in [0.25, 0.3) is 5.69 Å². The van der Waals surface area contributed by atoms with Crippen molar-refractivity contribution in [3.63, 3.8) is 0 Å². The van der Waals surface area contributed by atoms with Crippen LogP contribution in [0.4, 0.5) is 15.8 Å². The van der Waals surface area contributed by atoms with E-state index in [1.165, 1.54) is 24.3 Å². The molecular weight excluding hydrogens is 476 g/mol. The first-order valence-electron chi connectivity index (χ1n) is 8.21. The lowest BCUT2D eigenvalue weighted by atomic mass is 10.2. The lowest BCUT2D eigenvalue weighted by molar-refractivity contribution is -0.384. The molecule has 8 heteroatoms. The Bertz CT molecular complexity index is 1010. The third-order valence-electron chi connectivity index (χ3n) is 3.72. The second kappa shape index (κ2) is 9.27. The molecule has 0 amide bonds. The smallest absolute Gasteiger partial charge is 0.269 e. The summed E-state index contributed by atoms with van der Waals surface area (Å²) in [5.74, 6) is 0.410. The van der Waals surface area contributed by atoms with Gasteiger partial charge in [-0.25, -0.2) is 4.39 Å². The molecule has 6 nitrogen and oxygen atoms in total. The zero-order chi connectivity index (χ0) is 19.9. The van der Waals surface area contributed by atoms with Crippen LogP contribution in [0.2, 0.25) is 0 Å². The molecule has 0 saturated carbocycles. The average Bonchev–Trinajstić information content (AvgIpc) is 2.68. The number of anilines is 1. The van der Waals surface area contributed by atoms with Crippen molar-refractivity contribution in [1.82, 2.24) is 0 Å². The van der Waals surface area contributed by atoms with Crippen molar-refractivity contribution >= 4 is 40.2 Å². The van der Waals surface area contributed by atoms with Crippen molar-refractivity contribution in [2.24, 2.45) is 5.10 Å². The fourth-order valence-corrected chi connectivity index (χ4v) is 3.04. The van der Waals surface area contributed by atoms with Crippen LogP contribution in [0, 0.1) is 19.5 Å². The number of hydrogen-bond donors (Lipinski definition) is 1. The lowest BCUT2D eigenvalue weighted by Crippen LogP contribution is -1.98. The van der Waals surface area contributed by atoms with Gasteiger partial charge in [-0.05, 0) is 76.2 Å². The van der Waals surface area contributed by atoms with Crippen LogP contribution in [-0.4, -0.2) is 11.1 Å². The van der Waals surface area contributed by atoms with E-state index in [4.69, 9.17) is 4.74 Å². The van der Waals surface area contributed by atoms with Crippen molar-refractivity contribution in [3.05, 3.63) is 97.4 Å². The number of nitro benzene ring substituents is 1. The summed E-state index contributed by atoms with van der Waals surface area (Å²) in [4.78, 5) is 10.2. The number of benzene rings is 3. The molecule has 0 aliphatic carbocycles. The number of ether oxygens (including phenoxy) is 1. The quantitative estimate of drug-likeness (QED) is 0.209. The molecule has 1 N–H and O–H groups in total.